The second-order valence-electron chi connectivity index (χ2n) is 5.62. The van der Waals surface area contributed by atoms with Gasteiger partial charge in [0, 0.05) is 12.6 Å². The number of aliphatic hydroxyl groups excluding tert-OH is 1. The lowest BCUT2D eigenvalue weighted by Crippen LogP contribution is -2.48. The van der Waals surface area contributed by atoms with Crippen LogP contribution in [-0.4, -0.2) is 23.8 Å². The average molecular weight is 300 g/mol. The predicted octanol–water partition coefficient (Wildman–Crippen LogP) is 2.66. The van der Waals surface area contributed by atoms with E-state index in [4.69, 9.17) is 5.11 Å². The van der Waals surface area contributed by atoms with E-state index in [0.29, 0.717) is 18.4 Å². The molecule has 118 valence electrons. The van der Waals surface area contributed by atoms with E-state index >= 15 is 0 Å². The maximum absolute atomic E-state index is 13.3. The van der Waals surface area contributed by atoms with Gasteiger partial charge in [0.05, 0.1) is 5.54 Å². The number of carbonyl (C=O) groups excluding carboxylic acids is 1. The van der Waals surface area contributed by atoms with Gasteiger partial charge in [0.25, 0.3) is 0 Å². The Morgan fingerprint density at radius 2 is 2.00 bits per heavy atom. The fourth-order valence-electron chi connectivity index (χ4n) is 1.97. The van der Waals surface area contributed by atoms with Crippen LogP contribution >= 0.6 is 0 Å². The van der Waals surface area contributed by atoms with Gasteiger partial charge < -0.3 is 15.7 Å². The molecule has 4 nitrogen and oxygen atoms in total. The molecule has 0 spiro atoms. The van der Waals surface area contributed by atoms with E-state index in [-0.39, 0.29) is 12.6 Å². The zero-order valence-electron chi connectivity index (χ0n) is 12.5. The van der Waals surface area contributed by atoms with Crippen LogP contribution in [0, 0.1) is 11.6 Å². The first-order valence-corrected chi connectivity index (χ1v) is 6.91. The number of nitrogens with one attached hydrogen (secondary N) is 2. The Morgan fingerprint density at radius 1 is 1.33 bits per heavy atom. The zero-order valence-corrected chi connectivity index (χ0v) is 12.5. The second kappa shape index (κ2) is 7.36. The molecule has 0 aliphatic rings. The average Bonchev–Trinajstić information content (AvgIpc) is 2.38. The maximum Gasteiger partial charge on any atom is 0.315 e. The third kappa shape index (κ3) is 5.30. The molecule has 0 bridgehead atoms. The van der Waals surface area contributed by atoms with Crippen LogP contribution in [0.15, 0.2) is 18.2 Å². The molecule has 0 heterocycles. The number of aliphatic hydroxyl groups is 1. The van der Waals surface area contributed by atoms with Crippen molar-refractivity contribution < 1.29 is 18.7 Å². The highest BCUT2D eigenvalue weighted by molar-refractivity contribution is 5.75. The van der Waals surface area contributed by atoms with Crippen LogP contribution in [0.5, 0.6) is 0 Å². The molecule has 0 aliphatic carbocycles. The van der Waals surface area contributed by atoms with Crippen molar-refractivity contribution in [1.82, 2.24) is 10.6 Å². The van der Waals surface area contributed by atoms with Crippen molar-refractivity contribution in [3.63, 3.8) is 0 Å². The van der Waals surface area contributed by atoms with Gasteiger partial charge in [-0.05, 0) is 51.3 Å². The summed E-state index contributed by atoms with van der Waals surface area (Å²) in [6.07, 6.45) is 1.27. The van der Waals surface area contributed by atoms with Gasteiger partial charge in [-0.25, -0.2) is 13.6 Å². The fourth-order valence-corrected chi connectivity index (χ4v) is 1.97. The molecule has 0 fully saturated rings. The summed E-state index contributed by atoms with van der Waals surface area (Å²) in [7, 11) is 0. The van der Waals surface area contributed by atoms with Gasteiger partial charge in [-0.3, -0.25) is 0 Å². The monoisotopic (exact) mass is 300 g/mol. The van der Waals surface area contributed by atoms with E-state index in [1.54, 1.807) is 13.8 Å². The Hall–Kier alpha value is -1.69. The summed E-state index contributed by atoms with van der Waals surface area (Å²) >= 11 is 0. The van der Waals surface area contributed by atoms with Crippen LogP contribution < -0.4 is 10.6 Å². The largest absolute Gasteiger partial charge is 0.396 e. The summed E-state index contributed by atoms with van der Waals surface area (Å²) in [5.74, 6) is -1.87. The number of hydrogen-bond acceptors (Lipinski definition) is 2. The molecule has 0 saturated carbocycles. The quantitative estimate of drug-likeness (QED) is 0.756. The molecule has 0 saturated heterocycles. The maximum atomic E-state index is 13.3. The fraction of sp³-hybridized carbons (Fsp3) is 0.533. The van der Waals surface area contributed by atoms with Crippen molar-refractivity contribution in [2.24, 2.45) is 0 Å². The summed E-state index contributed by atoms with van der Waals surface area (Å²) in [5, 5.41) is 14.2. The lowest BCUT2D eigenvalue weighted by molar-refractivity contribution is 0.224. The first-order valence-electron chi connectivity index (χ1n) is 6.91. The third-order valence-electron chi connectivity index (χ3n) is 3.24. The SMILES string of the molecule is CC(CCCO)NC(=O)NC(C)(C)c1ccc(F)c(F)c1. The smallest absolute Gasteiger partial charge is 0.315 e. The zero-order chi connectivity index (χ0) is 16.0. The van der Waals surface area contributed by atoms with Crippen molar-refractivity contribution >= 4 is 6.03 Å². The summed E-state index contributed by atoms with van der Waals surface area (Å²) in [6.45, 7) is 5.32. The molecule has 0 aliphatic heterocycles. The molecule has 6 heteroatoms. The molecule has 0 radical (unpaired) electrons. The van der Waals surface area contributed by atoms with E-state index in [1.807, 2.05) is 6.92 Å². The topological polar surface area (TPSA) is 61.4 Å². The van der Waals surface area contributed by atoms with Gasteiger partial charge in [0.15, 0.2) is 11.6 Å². The van der Waals surface area contributed by atoms with Crippen molar-refractivity contribution in [3.05, 3.63) is 35.4 Å². The Morgan fingerprint density at radius 3 is 2.57 bits per heavy atom. The Labute approximate surface area is 123 Å². The molecular weight excluding hydrogens is 278 g/mol. The van der Waals surface area contributed by atoms with E-state index < -0.39 is 23.2 Å². The van der Waals surface area contributed by atoms with Gasteiger partial charge in [-0.1, -0.05) is 6.07 Å². The number of carbonyl (C=O) groups is 1. The van der Waals surface area contributed by atoms with Crippen molar-refractivity contribution in [2.75, 3.05) is 6.61 Å². The predicted molar refractivity (Wildman–Crippen MR) is 76.8 cm³/mol. The van der Waals surface area contributed by atoms with Crippen LogP contribution in [0.4, 0.5) is 13.6 Å². The van der Waals surface area contributed by atoms with Gasteiger partial charge in [-0.2, -0.15) is 0 Å². The number of amides is 2. The summed E-state index contributed by atoms with van der Waals surface area (Å²) in [6, 6.07) is 3.07. The lowest BCUT2D eigenvalue weighted by Gasteiger charge is -2.28. The molecular formula is C15H22F2N2O2. The molecule has 0 aromatic heterocycles. The van der Waals surface area contributed by atoms with Crippen molar-refractivity contribution in [1.29, 1.82) is 0 Å². The van der Waals surface area contributed by atoms with Gasteiger partial charge in [0.1, 0.15) is 0 Å². The van der Waals surface area contributed by atoms with E-state index in [1.165, 1.54) is 6.07 Å². The van der Waals surface area contributed by atoms with Gasteiger partial charge >= 0.3 is 6.03 Å². The van der Waals surface area contributed by atoms with Gasteiger partial charge in [-0.15, -0.1) is 0 Å². The molecule has 1 aromatic carbocycles. The molecule has 21 heavy (non-hydrogen) atoms. The minimum atomic E-state index is -0.945. The summed E-state index contributed by atoms with van der Waals surface area (Å²) < 4.78 is 26.2. The number of benzene rings is 1. The molecule has 1 aromatic rings. The van der Waals surface area contributed by atoms with Crippen LogP contribution in [0.2, 0.25) is 0 Å². The number of halogens is 2. The normalized spacial score (nSPS) is 12.9. The van der Waals surface area contributed by atoms with Crippen LogP contribution in [-0.2, 0) is 5.54 Å². The second-order valence-corrected chi connectivity index (χ2v) is 5.62. The highest BCUT2D eigenvalue weighted by Gasteiger charge is 2.24. The Bertz CT molecular complexity index is 493. The van der Waals surface area contributed by atoms with Crippen LogP contribution in [0.1, 0.15) is 39.2 Å². The van der Waals surface area contributed by atoms with E-state index in [9.17, 15) is 13.6 Å². The standard InChI is InChI=1S/C15H22F2N2O2/c1-10(5-4-8-20)18-14(21)19-15(2,3)11-6-7-12(16)13(17)9-11/h6-7,9-10,20H,4-5,8H2,1-3H3,(H2,18,19,21). The van der Waals surface area contributed by atoms with E-state index in [0.717, 1.165) is 12.1 Å². The molecule has 2 amide bonds. The summed E-state index contributed by atoms with van der Waals surface area (Å²) in [4.78, 5) is 11.9. The number of rotatable bonds is 6. The Kier molecular flexibility index (Phi) is 6.08. The molecule has 1 rings (SSSR count). The first kappa shape index (κ1) is 17.4. The van der Waals surface area contributed by atoms with Crippen LogP contribution in [0.3, 0.4) is 0 Å². The van der Waals surface area contributed by atoms with Gasteiger partial charge in [0.2, 0.25) is 0 Å². The first-order chi connectivity index (χ1) is 9.76. The number of urea groups is 1. The molecule has 3 N–H and O–H groups in total. The minimum Gasteiger partial charge on any atom is -0.396 e. The third-order valence-corrected chi connectivity index (χ3v) is 3.24. The molecule has 1 unspecified atom stereocenters. The highest BCUT2D eigenvalue weighted by atomic mass is 19.2. The van der Waals surface area contributed by atoms with Crippen molar-refractivity contribution in [2.45, 2.75) is 45.2 Å². The summed E-state index contributed by atoms with van der Waals surface area (Å²) in [5.41, 5.74) is -0.366. The highest BCUT2D eigenvalue weighted by Crippen LogP contribution is 2.21. The van der Waals surface area contributed by atoms with Crippen LogP contribution in [0.25, 0.3) is 0 Å². The lowest BCUT2D eigenvalue weighted by atomic mass is 9.94. The molecule has 1 atom stereocenters. The van der Waals surface area contributed by atoms with Crippen molar-refractivity contribution in [3.8, 4) is 0 Å². The van der Waals surface area contributed by atoms with E-state index in [2.05, 4.69) is 10.6 Å². The Balaban J connectivity index is 2.66. The number of hydrogen-bond donors (Lipinski definition) is 3. The minimum absolute atomic E-state index is 0.0774.